The normalized spacial score (nSPS) is 35.8. The first-order valence-corrected chi connectivity index (χ1v) is 7.35. The number of likely N-dealkylation sites (tertiary alicyclic amines) is 1. The van der Waals surface area contributed by atoms with Crippen molar-refractivity contribution in [2.75, 3.05) is 6.54 Å². The zero-order valence-corrected chi connectivity index (χ0v) is 11.2. The summed E-state index contributed by atoms with van der Waals surface area (Å²) in [6.45, 7) is 0.353. The third-order valence-electron chi connectivity index (χ3n) is 5.31. The molecule has 3 atom stereocenters. The van der Waals surface area contributed by atoms with E-state index in [1.165, 1.54) is 0 Å². The molecule has 0 radical (unpaired) electrons. The second-order valence-corrected chi connectivity index (χ2v) is 6.40. The Morgan fingerprint density at radius 3 is 2.53 bits per heavy atom. The number of nitrogens with zero attached hydrogens (tertiary/aromatic N) is 1. The Balaban J connectivity index is 1.86. The average Bonchev–Trinajstić information content (AvgIpc) is 3.11. The van der Waals surface area contributed by atoms with Crippen LogP contribution in [0, 0.1) is 11.3 Å². The van der Waals surface area contributed by atoms with E-state index in [9.17, 15) is 14.7 Å². The second-order valence-electron chi connectivity index (χ2n) is 6.40. The number of carbonyl (C=O) groups excluding carboxylic acids is 1. The molecule has 3 rings (SSSR count). The van der Waals surface area contributed by atoms with Gasteiger partial charge in [-0.05, 0) is 38.0 Å². The Kier molecular flexibility index (Phi) is 3.04. The smallest absolute Gasteiger partial charge is 0.326 e. The molecule has 0 aromatic carbocycles. The Morgan fingerprint density at radius 2 is 1.95 bits per heavy atom. The van der Waals surface area contributed by atoms with Crippen LogP contribution in [0.3, 0.4) is 0 Å². The van der Waals surface area contributed by atoms with Gasteiger partial charge in [0.1, 0.15) is 6.04 Å². The topological polar surface area (TPSA) is 83.6 Å². The molecule has 3 aliphatic rings. The molecule has 5 heteroatoms. The summed E-state index contributed by atoms with van der Waals surface area (Å²) in [7, 11) is 0. The number of hydrogen-bond acceptors (Lipinski definition) is 3. The van der Waals surface area contributed by atoms with Crippen molar-refractivity contribution in [2.24, 2.45) is 17.1 Å². The van der Waals surface area contributed by atoms with Gasteiger partial charge in [-0.3, -0.25) is 4.79 Å². The van der Waals surface area contributed by atoms with Gasteiger partial charge in [-0.25, -0.2) is 4.79 Å². The maximum Gasteiger partial charge on any atom is 0.326 e. The molecular formula is C14H22N2O3. The lowest BCUT2D eigenvalue weighted by Gasteiger charge is -2.35. The summed E-state index contributed by atoms with van der Waals surface area (Å²) in [5.74, 6) is -0.459. The lowest BCUT2D eigenvalue weighted by atomic mass is 9.84. The van der Waals surface area contributed by atoms with Crippen molar-refractivity contribution < 1.29 is 14.7 Å². The van der Waals surface area contributed by atoms with Crippen molar-refractivity contribution in [1.29, 1.82) is 0 Å². The molecular weight excluding hydrogens is 244 g/mol. The average molecular weight is 266 g/mol. The highest BCUT2D eigenvalue weighted by Gasteiger charge is 2.57. The fourth-order valence-corrected chi connectivity index (χ4v) is 3.90. The molecule has 2 aliphatic carbocycles. The highest BCUT2D eigenvalue weighted by Crippen LogP contribution is 2.50. The fraction of sp³-hybridized carbons (Fsp3) is 0.857. The molecule has 0 spiro atoms. The van der Waals surface area contributed by atoms with Gasteiger partial charge in [0.15, 0.2) is 0 Å². The van der Waals surface area contributed by atoms with Crippen molar-refractivity contribution in [2.45, 2.75) is 57.0 Å². The van der Waals surface area contributed by atoms with Gasteiger partial charge in [0.05, 0.1) is 5.41 Å². The van der Waals surface area contributed by atoms with Crippen molar-refractivity contribution in [3.63, 3.8) is 0 Å². The summed E-state index contributed by atoms with van der Waals surface area (Å²) < 4.78 is 0. The maximum atomic E-state index is 12.7. The largest absolute Gasteiger partial charge is 0.480 e. The number of fused-ring (bicyclic) bond motifs is 1. The summed E-state index contributed by atoms with van der Waals surface area (Å²) >= 11 is 0. The summed E-state index contributed by atoms with van der Waals surface area (Å²) in [5, 5.41) is 9.41. The second kappa shape index (κ2) is 4.47. The SMILES string of the molecule is NCC1(C(=O)N2C(C(=O)O)CC3CCCCC32)CC1. The quantitative estimate of drug-likeness (QED) is 0.797. The molecule has 3 unspecified atom stereocenters. The van der Waals surface area contributed by atoms with Crippen molar-refractivity contribution >= 4 is 11.9 Å². The van der Waals surface area contributed by atoms with Gasteiger partial charge in [0.2, 0.25) is 5.91 Å². The van der Waals surface area contributed by atoms with Crippen LogP contribution in [0.25, 0.3) is 0 Å². The maximum absolute atomic E-state index is 12.7. The van der Waals surface area contributed by atoms with E-state index < -0.39 is 17.4 Å². The van der Waals surface area contributed by atoms with Crippen molar-refractivity contribution in [3.8, 4) is 0 Å². The van der Waals surface area contributed by atoms with Crippen LogP contribution in [0.2, 0.25) is 0 Å². The van der Waals surface area contributed by atoms with Crippen LogP contribution >= 0.6 is 0 Å². The first-order valence-electron chi connectivity index (χ1n) is 7.35. The molecule has 106 valence electrons. The molecule has 1 heterocycles. The van der Waals surface area contributed by atoms with E-state index in [-0.39, 0.29) is 11.9 Å². The van der Waals surface area contributed by atoms with Crippen LogP contribution in [-0.4, -0.2) is 40.5 Å². The summed E-state index contributed by atoms with van der Waals surface area (Å²) in [4.78, 5) is 25.9. The van der Waals surface area contributed by atoms with Gasteiger partial charge in [0, 0.05) is 12.6 Å². The molecule has 1 aliphatic heterocycles. The molecule has 5 nitrogen and oxygen atoms in total. The minimum atomic E-state index is -0.851. The number of carboxylic acid groups (broad SMARTS) is 1. The van der Waals surface area contributed by atoms with E-state index in [0.29, 0.717) is 18.9 Å². The Morgan fingerprint density at radius 1 is 1.26 bits per heavy atom. The lowest BCUT2D eigenvalue weighted by Crippen LogP contribution is -2.50. The summed E-state index contributed by atoms with van der Waals surface area (Å²) in [5.41, 5.74) is 5.30. The Bertz CT molecular complexity index is 405. The molecule has 19 heavy (non-hydrogen) atoms. The van der Waals surface area contributed by atoms with Gasteiger partial charge in [0.25, 0.3) is 0 Å². The van der Waals surface area contributed by atoms with E-state index >= 15 is 0 Å². The fourth-order valence-electron chi connectivity index (χ4n) is 3.90. The standard InChI is InChI=1S/C14H22N2O3/c15-8-14(5-6-14)13(19)16-10-4-2-1-3-9(10)7-11(16)12(17)18/h9-11H,1-8,15H2,(H,17,18). The van der Waals surface area contributed by atoms with Crippen LogP contribution in [0.4, 0.5) is 0 Å². The number of rotatable bonds is 3. The van der Waals surface area contributed by atoms with Gasteiger partial charge in [-0.1, -0.05) is 12.8 Å². The number of aliphatic carboxylic acids is 1. The molecule has 0 aromatic rings. The predicted octanol–water partition coefficient (Wildman–Crippen LogP) is 0.970. The van der Waals surface area contributed by atoms with E-state index in [4.69, 9.17) is 5.73 Å². The van der Waals surface area contributed by atoms with E-state index in [1.54, 1.807) is 4.90 Å². The molecule has 3 N–H and O–H groups in total. The van der Waals surface area contributed by atoms with E-state index in [0.717, 1.165) is 38.5 Å². The third kappa shape index (κ3) is 1.95. The highest BCUT2D eigenvalue weighted by atomic mass is 16.4. The number of hydrogen-bond donors (Lipinski definition) is 2. The predicted molar refractivity (Wildman–Crippen MR) is 69.4 cm³/mol. The molecule has 3 fully saturated rings. The molecule has 2 saturated carbocycles. The van der Waals surface area contributed by atoms with Crippen molar-refractivity contribution in [1.82, 2.24) is 4.90 Å². The van der Waals surface area contributed by atoms with Crippen LogP contribution in [0.1, 0.15) is 44.9 Å². The monoisotopic (exact) mass is 266 g/mol. The number of carbonyl (C=O) groups is 2. The number of carboxylic acids is 1. The zero-order valence-electron chi connectivity index (χ0n) is 11.2. The molecule has 0 aromatic heterocycles. The lowest BCUT2D eigenvalue weighted by molar-refractivity contribution is -0.152. The third-order valence-corrected chi connectivity index (χ3v) is 5.31. The Labute approximate surface area is 113 Å². The van der Waals surface area contributed by atoms with Crippen LogP contribution in [-0.2, 0) is 9.59 Å². The van der Waals surface area contributed by atoms with Gasteiger partial charge in [-0.15, -0.1) is 0 Å². The zero-order chi connectivity index (χ0) is 13.6. The van der Waals surface area contributed by atoms with Crippen LogP contribution < -0.4 is 5.73 Å². The van der Waals surface area contributed by atoms with Crippen LogP contribution in [0.15, 0.2) is 0 Å². The van der Waals surface area contributed by atoms with E-state index in [1.807, 2.05) is 0 Å². The van der Waals surface area contributed by atoms with Crippen LogP contribution in [0.5, 0.6) is 0 Å². The first kappa shape index (κ1) is 12.9. The van der Waals surface area contributed by atoms with Gasteiger partial charge >= 0.3 is 5.97 Å². The first-order chi connectivity index (χ1) is 9.09. The molecule has 1 amide bonds. The van der Waals surface area contributed by atoms with Gasteiger partial charge in [-0.2, -0.15) is 0 Å². The van der Waals surface area contributed by atoms with Gasteiger partial charge < -0.3 is 15.7 Å². The van der Waals surface area contributed by atoms with E-state index in [2.05, 4.69) is 0 Å². The minimum Gasteiger partial charge on any atom is -0.480 e. The summed E-state index contributed by atoms with van der Waals surface area (Å²) in [6, 6.07) is -0.476. The van der Waals surface area contributed by atoms with Crippen molar-refractivity contribution in [3.05, 3.63) is 0 Å². The molecule has 0 bridgehead atoms. The minimum absolute atomic E-state index is 0.0109. The summed E-state index contributed by atoms with van der Waals surface area (Å²) in [6.07, 6.45) is 6.57. The molecule has 1 saturated heterocycles. The number of amides is 1. The number of nitrogens with two attached hydrogens (primary N) is 1. The highest BCUT2D eigenvalue weighted by molar-refractivity contribution is 5.90. The Hall–Kier alpha value is -1.10.